The Balaban J connectivity index is 1.47. The van der Waals surface area contributed by atoms with Gasteiger partial charge in [0.25, 0.3) is 0 Å². The second-order valence-electron chi connectivity index (χ2n) is 7.33. The first-order chi connectivity index (χ1) is 15.0. The standard InChI is InChI=1S/C24H23N5OS/c1-3-17-9-11-19(12-10-17)29-27-21-13-16(2)20(15-22(21)28-29)25-24(31)26-23(30)14-18-7-5-4-6-8-18/h4-13,15H,3,14H2,1-2H3,(H2,25,26,30,31). The monoisotopic (exact) mass is 429 g/mol. The number of hydrogen-bond donors (Lipinski definition) is 2. The summed E-state index contributed by atoms with van der Waals surface area (Å²) < 4.78 is 0. The summed E-state index contributed by atoms with van der Waals surface area (Å²) in [6.07, 6.45) is 1.26. The zero-order valence-corrected chi connectivity index (χ0v) is 18.2. The van der Waals surface area contributed by atoms with E-state index < -0.39 is 0 Å². The van der Waals surface area contributed by atoms with Crippen LogP contribution in [0.1, 0.15) is 23.6 Å². The number of anilines is 1. The van der Waals surface area contributed by atoms with E-state index in [4.69, 9.17) is 12.2 Å². The van der Waals surface area contributed by atoms with Gasteiger partial charge in [-0.25, -0.2) is 0 Å². The molecule has 31 heavy (non-hydrogen) atoms. The molecule has 7 heteroatoms. The molecule has 0 saturated carbocycles. The Bertz CT molecular complexity index is 1230. The summed E-state index contributed by atoms with van der Waals surface area (Å²) in [4.78, 5) is 13.9. The number of benzene rings is 3. The van der Waals surface area contributed by atoms with Gasteiger partial charge in [0.2, 0.25) is 5.91 Å². The molecule has 6 nitrogen and oxygen atoms in total. The molecule has 0 aliphatic heterocycles. The Hall–Kier alpha value is -3.58. The molecule has 1 heterocycles. The normalized spacial score (nSPS) is 10.8. The number of rotatable bonds is 5. The molecule has 4 aromatic rings. The number of carbonyl (C=O) groups is 1. The number of nitrogens with zero attached hydrogens (tertiary/aromatic N) is 3. The molecular weight excluding hydrogens is 406 g/mol. The summed E-state index contributed by atoms with van der Waals surface area (Å²) in [5.74, 6) is -0.163. The number of aryl methyl sites for hydroxylation is 2. The summed E-state index contributed by atoms with van der Waals surface area (Å²) in [6.45, 7) is 4.09. The topological polar surface area (TPSA) is 71.8 Å². The second-order valence-corrected chi connectivity index (χ2v) is 7.74. The maximum absolute atomic E-state index is 12.3. The Morgan fingerprint density at radius 1 is 0.968 bits per heavy atom. The van der Waals surface area contributed by atoms with E-state index in [1.807, 2.05) is 61.5 Å². The van der Waals surface area contributed by atoms with Gasteiger partial charge in [0.15, 0.2) is 5.11 Å². The van der Waals surface area contributed by atoms with Gasteiger partial charge in [0.05, 0.1) is 12.1 Å². The van der Waals surface area contributed by atoms with E-state index in [0.29, 0.717) is 0 Å². The highest BCUT2D eigenvalue weighted by atomic mass is 32.1. The fourth-order valence-corrected chi connectivity index (χ4v) is 3.51. The van der Waals surface area contributed by atoms with Crippen molar-refractivity contribution < 1.29 is 4.79 Å². The fourth-order valence-electron chi connectivity index (χ4n) is 3.29. The van der Waals surface area contributed by atoms with Gasteiger partial charge in [-0.2, -0.15) is 4.80 Å². The van der Waals surface area contributed by atoms with Crippen LogP contribution in [-0.2, 0) is 17.6 Å². The zero-order chi connectivity index (χ0) is 21.8. The predicted octanol–water partition coefficient (Wildman–Crippen LogP) is 4.35. The Morgan fingerprint density at radius 3 is 2.32 bits per heavy atom. The van der Waals surface area contributed by atoms with Crippen LogP contribution in [0.2, 0.25) is 0 Å². The van der Waals surface area contributed by atoms with Crippen LogP contribution < -0.4 is 10.6 Å². The number of aromatic nitrogens is 3. The summed E-state index contributed by atoms with van der Waals surface area (Å²) >= 11 is 5.33. The molecule has 3 aromatic carbocycles. The van der Waals surface area contributed by atoms with Gasteiger partial charge in [-0.05, 0) is 66.5 Å². The van der Waals surface area contributed by atoms with E-state index in [-0.39, 0.29) is 17.4 Å². The highest BCUT2D eigenvalue weighted by Gasteiger charge is 2.11. The number of nitrogens with one attached hydrogen (secondary N) is 2. The Kier molecular flexibility index (Phi) is 6.04. The van der Waals surface area contributed by atoms with Crippen molar-refractivity contribution in [3.8, 4) is 5.69 Å². The zero-order valence-electron chi connectivity index (χ0n) is 17.4. The summed E-state index contributed by atoms with van der Waals surface area (Å²) in [6, 6.07) is 21.6. The first kappa shape index (κ1) is 20.7. The van der Waals surface area contributed by atoms with Crippen molar-refractivity contribution in [3.63, 3.8) is 0 Å². The smallest absolute Gasteiger partial charge is 0.230 e. The lowest BCUT2D eigenvalue weighted by Gasteiger charge is -2.11. The van der Waals surface area contributed by atoms with Crippen LogP contribution >= 0.6 is 12.2 Å². The summed E-state index contributed by atoms with van der Waals surface area (Å²) in [5, 5.41) is 15.3. The van der Waals surface area contributed by atoms with Gasteiger partial charge in [-0.1, -0.05) is 49.4 Å². The molecule has 156 valence electrons. The molecule has 1 aromatic heterocycles. The maximum atomic E-state index is 12.3. The molecule has 1 amide bonds. The molecule has 0 fully saturated rings. The van der Waals surface area contributed by atoms with Crippen LogP contribution in [0, 0.1) is 6.92 Å². The minimum atomic E-state index is -0.163. The predicted molar refractivity (Wildman–Crippen MR) is 127 cm³/mol. The van der Waals surface area contributed by atoms with Crippen LogP contribution in [-0.4, -0.2) is 26.0 Å². The molecule has 0 bridgehead atoms. The van der Waals surface area contributed by atoms with Crippen molar-refractivity contribution in [2.45, 2.75) is 26.7 Å². The Morgan fingerprint density at radius 2 is 1.65 bits per heavy atom. The number of thiocarbonyl (C=S) groups is 1. The highest BCUT2D eigenvalue weighted by Crippen LogP contribution is 2.22. The molecule has 0 unspecified atom stereocenters. The van der Waals surface area contributed by atoms with Crippen molar-refractivity contribution in [1.29, 1.82) is 0 Å². The summed E-state index contributed by atoms with van der Waals surface area (Å²) in [7, 11) is 0. The molecule has 0 aliphatic rings. The fraction of sp³-hybridized carbons (Fsp3) is 0.167. The van der Waals surface area contributed by atoms with Gasteiger partial charge in [0, 0.05) is 5.69 Å². The van der Waals surface area contributed by atoms with E-state index >= 15 is 0 Å². The van der Waals surface area contributed by atoms with Crippen LogP contribution in [0.3, 0.4) is 0 Å². The first-order valence-corrected chi connectivity index (χ1v) is 10.5. The van der Waals surface area contributed by atoms with Gasteiger partial charge in [0.1, 0.15) is 11.0 Å². The van der Waals surface area contributed by atoms with Crippen LogP contribution in [0.5, 0.6) is 0 Å². The van der Waals surface area contributed by atoms with Gasteiger partial charge >= 0.3 is 0 Å². The van der Waals surface area contributed by atoms with Crippen LogP contribution in [0.15, 0.2) is 66.7 Å². The van der Waals surface area contributed by atoms with Gasteiger partial charge < -0.3 is 10.6 Å². The first-order valence-electron chi connectivity index (χ1n) is 10.1. The van der Waals surface area contributed by atoms with Gasteiger partial charge in [-0.3, -0.25) is 4.79 Å². The van der Waals surface area contributed by atoms with Crippen LogP contribution in [0.4, 0.5) is 5.69 Å². The van der Waals surface area contributed by atoms with Crippen molar-refractivity contribution in [2.75, 3.05) is 5.32 Å². The molecule has 4 rings (SSSR count). The van der Waals surface area contributed by atoms with Crippen molar-refractivity contribution >= 4 is 40.0 Å². The second kappa shape index (κ2) is 9.06. The molecule has 0 aliphatic carbocycles. The third-order valence-corrected chi connectivity index (χ3v) is 5.21. The molecule has 0 atom stereocenters. The molecule has 2 N–H and O–H groups in total. The van der Waals surface area contributed by atoms with Gasteiger partial charge in [-0.15, -0.1) is 10.2 Å². The van der Waals surface area contributed by atoms with E-state index in [9.17, 15) is 4.79 Å². The number of carbonyl (C=O) groups excluding carboxylic acids is 1. The average molecular weight is 430 g/mol. The molecule has 0 saturated heterocycles. The van der Waals surface area contributed by atoms with E-state index in [2.05, 4.69) is 39.9 Å². The minimum Gasteiger partial charge on any atom is -0.332 e. The lowest BCUT2D eigenvalue weighted by atomic mass is 10.1. The number of hydrogen-bond acceptors (Lipinski definition) is 4. The largest absolute Gasteiger partial charge is 0.332 e. The maximum Gasteiger partial charge on any atom is 0.230 e. The number of fused-ring (bicyclic) bond motifs is 1. The van der Waals surface area contributed by atoms with E-state index in [1.165, 1.54) is 5.56 Å². The Labute approximate surface area is 186 Å². The third kappa shape index (κ3) is 4.95. The number of amides is 1. The minimum absolute atomic E-state index is 0.163. The van der Waals surface area contributed by atoms with Crippen molar-refractivity contribution in [2.24, 2.45) is 0 Å². The lowest BCUT2D eigenvalue weighted by Crippen LogP contribution is -2.35. The molecule has 0 spiro atoms. The van der Waals surface area contributed by atoms with Crippen LogP contribution in [0.25, 0.3) is 16.7 Å². The highest BCUT2D eigenvalue weighted by molar-refractivity contribution is 7.80. The third-order valence-electron chi connectivity index (χ3n) is 5.01. The summed E-state index contributed by atoms with van der Waals surface area (Å²) in [5.41, 5.74) is 6.39. The quantitative estimate of drug-likeness (QED) is 0.462. The van der Waals surface area contributed by atoms with Crippen molar-refractivity contribution in [1.82, 2.24) is 20.3 Å². The van der Waals surface area contributed by atoms with E-state index in [1.54, 1.807) is 4.80 Å². The molecular formula is C24H23N5OS. The lowest BCUT2D eigenvalue weighted by molar-refractivity contribution is -0.119. The van der Waals surface area contributed by atoms with Crippen molar-refractivity contribution in [3.05, 3.63) is 83.4 Å². The molecule has 0 radical (unpaired) electrons. The average Bonchev–Trinajstić information content (AvgIpc) is 3.17. The van der Waals surface area contributed by atoms with E-state index in [0.717, 1.165) is 40.0 Å². The SMILES string of the molecule is CCc1ccc(-n2nc3cc(C)c(NC(=S)NC(=O)Cc4ccccc4)cc3n2)cc1.